The zero-order valence-electron chi connectivity index (χ0n) is 14.4. The fourth-order valence-corrected chi connectivity index (χ4v) is 2.92. The molecule has 0 radical (unpaired) electrons. The van der Waals surface area contributed by atoms with E-state index in [1.165, 1.54) is 12.3 Å². The number of hydrogen-bond acceptors (Lipinski definition) is 6. The maximum Gasteiger partial charge on any atom is 0.218 e. The first-order valence-electron chi connectivity index (χ1n) is 8.38. The molecule has 1 aliphatic heterocycles. The lowest BCUT2D eigenvalue weighted by Gasteiger charge is -2.20. The molecule has 1 aliphatic rings. The monoisotopic (exact) mass is 354 g/mol. The summed E-state index contributed by atoms with van der Waals surface area (Å²) < 4.78 is 21.2. The second kappa shape index (κ2) is 6.62. The second-order valence-electron chi connectivity index (χ2n) is 6.27. The van der Waals surface area contributed by atoms with Crippen LogP contribution in [0.5, 0.6) is 5.88 Å². The predicted octanol–water partition coefficient (Wildman–Crippen LogP) is 3.00. The normalized spacial score (nSPS) is 15.3. The number of nitrogens with zero attached hydrogens (tertiary/aromatic N) is 5. The molecule has 26 heavy (non-hydrogen) atoms. The fourth-order valence-electron chi connectivity index (χ4n) is 2.92. The molecule has 134 valence electrons. The zero-order valence-corrected chi connectivity index (χ0v) is 14.4. The molecule has 0 atom stereocenters. The van der Waals surface area contributed by atoms with E-state index in [1.807, 2.05) is 24.2 Å². The van der Waals surface area contributed by atoms with Gasteiger partial charge in [-0.05, 0) is 25.0 Å². The molecule has 0 aliphatic carbocycles. The highest BCUT2D eigenvalue weighted by Gasteiger charge is 2.14. The molecule has 0 saturated carbocycles. The van der Waals surface area contributed by atoms with Gasteiger partial charge in [0.15, 0.2) is 5.65 Å². The van der Waals surface area contributed by atoms with Gasteiger partial charge < -0.3 is 15.0 Å². The Hall–Kier alpha value is -3.16. The van der Waals surface area contributed by atoms with Crippen molar-refractivity contribution < 1.29 is 9.13 Å². The quantitative estimate of drug-likeness (QED) is 0.669. The van der Waals surface area contributed by atoms with Gasteiger partial charge in [-0.25, -0.2) is 18.9 Å². The first-order valence-corrected chi connectivity index (χ1v) is 8.38. The van der Waals surface area contributed by atoms with E-state index in [4.69, 9.17) is 4.74 Å². The second-order valence-corrected chi connectivity index (χ2v) is 6.27. The van der Waals surface area contributed by atoms with Gasteiger partial charge in [0.05, 0.1) is 19.0 Å². The van der Waals surface area contributed by atoms with Crippen molar-refractivity contribution in [1.82, 2.24) is 19.6 Å². The van der Waals surface area contributed by atoms with Crippen LogP contribution in [0.25, 0.3) is 5.65 Å². The SMILES string of the molecule is C=C1CCCOc2ncc(F)cc2CN(C)c2ccn3ncc(c3n2)N1. The Bertz CT molecular complexity index is 969. The predicted molar refractivity (Wildman–Crippen MR) is 96.8 cm³/mol. The van der Waals surface area contributed by atoms with Crippen LogP contribution in [0.3, 0.4) is 0 Å². The Kier molecular flexibility index (Phi) is 4.16. The number of fused-ring (bicyclic) bond motifs is 2. The van der Waals surface area contributed by atoms with Crippen molar-refractivity contribution in [2.75, 3.05) is 23.9 Å². The summed E-state index contributed by atoms with van der Waals surface area (Å²) >= 11 is 0. The molecular weight excluding hydrogens is 335 g/mol. The zero-order chi connectivity index (χ0) is 18.1. The molecule has 0 amide bonds. The Labute approximate surface area is 150 Å². The molecule has 4 heterocycles. The van der Waals surface area contributed by atoms with Crippen LogP contribution in [-0.2, 0) is 6.54 Å². The van der Waals surface area contributed by atoms with Crippen molar-refractivity contribution in [2.24, 2.45) is 0 Å². The number of nitrogens with one attached hydrogen (secondary N) is 1. The molecule has 4 rings (SSSR count). The fraction of sp³-hybridized carbons (Fsp3) is 0.278. The number of rotatable bonds is 0. The van der Waals surface area contributed by atoms with Crippen molar-refractivity contribution in [2.45, 2.75) is 19.4 Å². The van der Waals surface area contributed by atoms with Gasteiger partial charge in [0.2, 0.25) is 5.88 Å². The third-order valence-electron chi connectivity index (χ3n) is 4.22. The maximum absolute atomic E-state index is 13.7. The number of allylic oxidation sites excluding steroid dienone is 1. The summed E-state index contributed by atoms with van der Waals surface area (Å²) in [7, 11) is 1.89. The maximum atomic E-state index is 13.7. The Morgan fingerprint density at radius 1 is 1.35 bits per heavy atom. The van der Waals surface area contributed by atoms with Crippen LogP contribution < -0.4 is 15.0 Å². The molecular formula is C18H19FN6O. The first-order chi connectivity index (χ1) is 12.6. The number of ether oxygens (including phenoxy) is 1. The van der Waals surface area contributed by atoms with Crippen LogP contribution in [0.4, 0.5) is 15.9 Å². The van der Waals surface area contributed by atoms with E-state index in [-0.39, 0.29) is 5.82 Å². The molecule has 3 aromatic heterocycles. The number of anilines is 2. The summed E-state index contributed by atoms with van der Waals surface area (Å²) in [6.45, 7) is 4.95. The third-order valence-corrected chi connectivity index (χ3v) is 4.22. The average Bonchev–Trinajstić information content (AvgIpc) is 3.01. The van der Waals surface area contributed by atoms with Gasteiger partial charge in [-0.2, -0.15) is 5.10 Å². The molecule has 0 spiro atoms. The number of pyridine rings is 1. The molecule has 0 saturated heterocycles. The van der Waals surface area contributed by atoms with E-state index in [0.717, 1.165) is 30.0 Å². The molecule has 0 unspecified atom stereocenters. The van der Waals surface area contributed by atoms with Crippen LogP contribution in [0, 0.1) is 5.82 Å². The van der Waals surface area contributed by atoms with Gasteiger partial charge >= 0.3 is 0 Å². The number of hydrogen-bond donors (Lipinski definition) is 1. The molecule has 7 nitrogen and oxygen atoms in total. The van der Waals surface area contributed by atoms with Crippen LogP contribution in [0.1, 0.15) is 18.4 Å². The van der Waals surface area contributed by atoms with Gasteiger partial charge in [0, 0.05) is 31.0 Å². The van der Waals surface area contributed by atoms with Gasteiger partial charge in [-0.3, -0.25) is 0 Å². The number of halogens is 1. The molecule has 3 aromatic rings. The molecule has 0 fully saturated rings. The van der Waals surface area contributed by atoms with Gasteiger partial charge in [-0.1, -0.05) is 6.58 Å². The lowest BCUT2D eigenvalue weighted by molar-refractivity contribution is 0.295. The van der Waals surface area contributed by atoms with Crippen molar-refractivity contribution in [1.29, 1.82) is 0 Å². The minimum Gasteiger partial charge on any atom is -0.477 e. The topological polar surface area (TPSA) is 67.6 Å². The summed E-state index contributed by atoms with van der Waals surface area (Å²) in [5.74, 6) is 0.792. The minimum absolute atomic E-state index is 0.388. The summed E-state index contributed by atoms with van der Waals surface area (Å²) in [5.41, 5.74) is 3.04. The molecule has 1 N–H and O–H groups in total. The van der Waals surface area contributed by atoms with E-state index in [9.17, 15) is 4.39 Å². The van der Waals surface area contributed by atoms with E-state index in [2.05, 4.69) is 27.0 Å². The van der Waals surface area contributed by atoms with Gasteiger partial charge in [-0.15, -0.1) is 0 Å². The third kappa shape index (κ3) is 3.17. The van der Waals surface area contributed by atoms with E-state index < -0.39 is 0 Å². The highest BCUT2D eigenvalue weighted by Crippen LogP contribution is 2.24. The van der Waals surface area contributed by atoms with Crippen molar-refractivity contribution in [3.05, 3.63) is 54.4 Å². The number of aromatic nitrogens is 4. The summed E-state index contributed by atoms with van der Waals surface area (Å²) in [4.78, 5) is 10.7. The molecule has 2 bridgehead atoms. The van der Waals surface area contributed by atoms with Gasteiger partial charge in [0.1, 0.15) is 17.3 Å². The van der Waals surface area contributed by atoms with Crippen molar-refractivity contribution >= 4 is 17.2 Å². The van der Waals surface area contributed by atoms with Crippen LogP contribution in [0.15, 0.2) is 43.0 Å². The van der Waals surface area contributed by atoms with Crippen molar-refractivity contribution in [3.8, 4) is 5.88 Å². The standard InChI is InChI=1S/C18H19FN6O/c1-12-4-3-7-26-18-13(8-14(19)9-20-18)11-24(2)16-5-6-25-17(23-16)15(22-12)10-21-25/h5-6,8-10,22H,1,3-4,7,11H2,2H3. The highest BCUT2D eigenvalue weighted by atomic mass is 19.1. The summed E-state index contributed by atoms with van der Waals surface area (Å²) in [6, 6.07) is 3.31. The largest absolute Gasteiger partial charge is 0.477 e. The first kappa shape index (κ1) is 16.3. The molecule has 0 aromatic carbocycles. The van der Waals surface area contributed by atoms with E-state index >= 15 is 0 Å². The lowest BCUT2D eigenvalue weighted by atomic mass is 10.2. The Balaban J connectivity index is 1.76. The van der Waals surface area contributed by atoms with Crippen LogP contribution in [0.2, 0.25) is 0 Å². The summed E-state index contributed by atoms with van der Waals surface area (Å²) in [6.07, 6.45) is 6.24. The van der Waals surface area contributed by atoms with E-state index in [0.29, 0.717) is 30.2 Å². The Morgan fingerprint density at radius 2 is 2.23 bits per heavy atom. The smallest absolute Gasteiger partial charge is 0.218 e. The van der Waals surface area contributed by atoms with Gasteiger partial charge in [0.25, 0.3) is 0 Å². The minimum atomic E-state index is -0.388. The van der Waals surface area contributed by atoms with Crippen molar-refractivity contribution in [3.63, 3.8) is 0 Å². The van der Waals surface area contributed by atoms with Crippen LogP contribution >= 0.6 is 0 Å². The molecule has 8 heteroatoms. The van der Waals surface area contributed by atoms with Crippen LogP contribution in [-0.4, -0.2) is 33.2 Å². The average molecular weight is 354 g/mol. The Morgan fingerprint density at radius 3 is 3.12 bits per heavy atom. The van der Waals surface area contributed by atoms with E-state index in [1.54, 1.807) is 10.7 Å². The lowest BCUT2D eigenvalue weighted by Crippen LogP contribution is -2.19. The summed E-state index contributed by atoms with van der Waals surface area (Å²) in [5, 5.41) is 7.58. The highest BCUT2D eigenvalue weighted by molar-refractivity contribution is 5.70.